The van der Waals surface area contributed by atoms with Crippen LogP contribution in [0.15, 0.2) is 0 Å². The molecule has 0 bridgehead atoms. The molecular formula is C4H5F8LiN2O4S2. The summed E-state index contributed by atoms with van der Waals surface area (Å²) in [6, 6.07) is 0. The maximum Gasteiger partial charge on any atom is 1.00 e. The van der Waals surface area contributed by atoms with Gasteiger partial charge in [-0.1, -0.05) is 0 Å². The summed E-state index contributed by atoms with van der Waals surface area (Å²) in [6.07, 6.45) is -7.18. The summed E-state index contributed by atoms with van der Waals surface area (Å²) in [5, 5.41) is -6.88. The van der Waals surface area contributed by atoms with Gasteiger partial charge in [0.25, 0.3) is 20.0 Å². The normalized spacial score (nSPS) is 17.8. The van der Waals surface area contributed by atoms with Gasteiger partial charge < -0.3 is 1.43 Å². The molecule has 0 aliphatic rings. The van der Waals surface area contributed by atoms with Crippen LogP contribution in [0.1, 0.15) is 1.43 Å². The molecule has 0 aromatic carbocycles. The van der Waals surface area contributed by atoms with Crippen LogP contribution >= 0.6 is 0 Å². The quantitative estimate of drug-likeness (QED) is 0.410. The third-order valence-electron chi connectivity index (χ3n) is 1.88. The Bertz CT molecular complexity index is 606. The largest absolute Gasteiger partial charge is 1.00 e. The Morgan fingerprint density at radius 1 is 0.714 bits per heavy atom. The zero-order chi connectivity index (χ0) is 17.0. The first kappa shape index (κ1) is 23.1. The van der Waals surface area contributed by atoms with Crippen molar-refractivity contribution in [1.29, 1.82) is 0 Å². The van der Waals surface area contributed by atoms with E-state index in [-0.39, 0.29) is 20.3 Å². The number of rotatable bonds is 4. The van der Waals surface area contributed by atoms with Crippen LogP contribution < -0.4 is 29.1 Å². The monoisotopic (exact) mass is 368 g/mol. The number of halogens is 8. The van der Waals surface area contributed by atoms with Gasteiger partial charge in [0, 0.05) is 0 Å². The summed E-state index contributed by atoms with van der Waals surface area (Å²) < 4.78 is 142. The third-order valence-corrected chi connectivity index (χ3v) is 4.13. The van der Waals surface area contributed by atoms with Crippen molar-refractivity contribution in [2.75, 3.05) is 0 Å². The van der Waals surface area contributed by atoms with Gasteiger partial charge in [-0.3, -0.25) is 0 Å². The average Bonchev–Trinajstić information content (AvgIpc) is 2.10. The van der Waals surface area contributed by atoms with E-state index in [0.717, 1.165) is 0 Å². The molecule has 1 unspecified atom stereocenters. The maximum absolute atomic E-state index is 13.2. The molecule has 17 heteroatoms. The van der Waals surface area contributed by atoms with E-state index in [1.165, 1.54) is 0 Å². The summed E-state index contributed by atoms with van der Waals surface area (Å²) in [5.74, 6) is -7.35. The summed E-state index contributed by atoms with van der Waals surface area (Å²) in [6.45, 7) is 0. The fourth-order valence-corrected chi connectivity index (χ4v) is 2.25. The van der Waals surface area contributed by atoms with Gasteiger partial charge in [-0.25, -0.2) is 31.5 Å². The molecule has 0 saturated heterocycles. The fraction of sp³-hybridized carbons (Fsp3) is 1.00. The van der Waals surface area contributed by atoms with E-state index in [9.17, 15) is 52.0 Å². The summed E-state index contributed by atoms with van der Waals surface area (Å²) in [4.78, 5) is 0. The minimum Gasteiger partial charge on any atom is -1.00 e. The molecule has 0 aliphatic heterocycles. The van der Waals surface area contributed by atoms with Crippen molar-refractivity contribution in [3.8, 4) is 0 Å². The van der Waals surface area contributed by atoms with Crippen molar-refractivity contribution >= 4 is 20.0 Å². The fourth-order valence-electron chi connectivity index (χ4n) is 0.884. The zero-order valence-electron chi connectivity index (χ0n) is 10.6. The second-order valence-corrected chi connectivity index (χ2v) is 6.53. The van der Waals surface area contributed by atoms with Crippen LogP contribution in [0.3, 0.4) is 0 Å². The molecule has 0 aromatic rings. The van der Waals surface area contributed by atoms with Gasteiger partial charge in [0.15, 0.2) is 0 Å². The first-order chi connectivity index (χ1) is 8.25. The Kier molecular flexibility index (Phi) is 6.05. The SMILES string of the molecule is NS(=O)(=O)C(F)(F)C(F)(F)C(F)(C(F)(F)F)S(N)(=O)=O.[H-].[Li+]. The number of primary sulfonamides is 2. The number of nitrogens with two attached hydrogens (primary N) is 2. The van der Waals surface area contributed by atoms with Crippen molar-refractivity contribution in [3.05, 3.63) is 0 Å². The van der Waals surface area contributed by atoms with Gasteiger partial charge in [-0.2, -0.15) is 30.7 Å². The number of hydrogen-bond acceptors (Lipinski definition) is 4. The Labute approximate surface area is 125 Å². The van der Waals surface area contributed by atoms with Gasteiger partial charge >= 0.3 is 41.2 Å². The molecule has 6 nitrogen and oxygen atoms in total. The van der Waals surface area contributed by atoms with E-state index in [4.69, 9.17) is 0 Å². The molecule has 0 aromatic heterocycles. The van der Waals surface area contributed by atoms with Crippen LogP contribution in [0, 0.1) is 0 Å². The molecule has 0 saturated carbocycles. The van der Waals surface area contributed by atoms with E-state index in [2.05, 4.69) is 10.3 Å². The molecule has 0 radical (unpaired) electrons. The molecule has 0 amide bonds. The average molecular weight is 368 g/mol. The van der Waals surface area contributed by atoms with Crippen molar-refractivity contribution in [2.24, 2.45) is 10.3 Å². The second-order valence-electron chi connectivity index (χ2n) is 3.27. The summed E-state index contributed by atoms with van der Waals surface area (Å²) in [5.41, 5.74) is 0. The van der Waals surface area contributed by atoms with Crippen LogP contribution in [0.5, 0.6) is 0 Å². The predicted octanol–water partition coefficient (Wildman–Crippen LogP) is -2.86. The number of alkyl halides is 8. The zero-order valence-corrected chi connectivity index (χ0v) is 11.3. The topological polar surface area (TPSA) is 120 Å². The van der Waals surface area contributed by atoms with E-state index in [1.807, 2.05) is 0 Å². The Balaban J connectivity index is -0.00000180. The molecular weight excluding hydrogens is 363 g/mol. The van der Waals surface area contributed by atoms with Crippen molar-refractivity contribution in [3.63, 3.8) is 0 Å². The molecule has 0 spiro atoms. The van der Waals surface area contributed by atoms with Crippen LogP contribution in [0.4, 0.5) is 35.1 Å². The van der Waals surface area contributed by atoms with E-state index >= 15 is 0 Å². The Morgan fingerprint density at radius 2 is 1.00 bits per heavy atom. The third kappa shape index (κ3) is 3.15. The molecule has 0 rings (SSSR count). The van der Waals surface area contributed by atoms with Crippen molar-refractivity contribution < 1.29 is 72.2 Å². The molecule has 0 aliphatic carbocycles. The summed E-state index contributed by atoms with van der Waals surface area (Å²) >= 11 is 0. The Hall–Kier alpha value is -0.143. The predicted molar refractivity (Wildman–Crippen MR) is 47.1 cm³/mol. The summed E-state index contributed by atoms with van der Waals surface area (Å²) in [7, 11) is -13.9. The van der Waals surface area contributed by atoms with Gasteiger partial charge in [0.1, 0.15) is 0 Å². The minimum atomic E-state index is -7.35. The van der Waals surface area contributed by atoms with E-state index in [1.54, 1.807) is 0 Å². The standard InChI is InChI=1S/C4H4F8N2O4S2.Li.H/c5-1(6,4(11,12)20(14,17)18)2(7,3(8,9)10)19(13,15)16;;/h(H2,13,15,16)(H2,14,17,18);;/q;+1;-1. The van der Waals surface area contributed by atoms with Crippen LogP contribution in [0.25, 0.3) is 0 Å². The van der Waals surface area contributed by atoms with Crippen molar-refractivity contribution in [1.82, 2.24) is 0 Å². The molecule has 0 fully saturated rings. The van der Waals surface area contributed by atoms with Crippen molar-refractivity contribution in [2.45, 2.75) is 22.4 Å². The second kappa shape index (κ2) is 5.49. The number of hydrogen-bond donors (Lipinski definition) is 2. The van der Waals surface area contributed by atoms with Gasteiger partial charge in [0.2, 0.25) is 0 Å². The molecule has 124 valence electrons. The van der Waals surface area contributed by atoms with Gasteiger partial charge in [0.05, 0.1) is 0 Å². The minimum absolute atomic E-state index is 0. The Morgan fingerprint density at radius 3 is 1.14 bits per heavy atom. The van der Waals surface area contributed by atoms with Crippen LogP contribution in [-0.2, 0) is 20.0 Å². The molecule has 4 N–H and O–H groups in total. The molecule has 21 heavy (non-hydrogen) atoms. The maximum atomic E-state index is 13.2. The first-order valence-corrected chi connectivity index (χ1v) is 6.90. The van der Waals surface area contributed by atoms with Gasteiger partial charge in [-0.15, -0.1) is 0 Å². The molecule has 0 heterocycles. The van der Waals surface area contributed by atoms with E-state index < -0.39 is 42.4 Å². The number of sulfonamides is 2. The smallest absolute Gasteiger partial charge is 1.00 e. The van der Waals surface area contributed by atoms with E-state index in [0.29, 0.717) is 0 Å². The first-order valence-electron chi connectivity index (χ1n) is 3.81. The molecule has 1 atom stereocenters. The van der Waals surface area contributed by atoms with Gasteiger partial charge in [-0.05, 0) is 0 Å². The van der Waals surface area contributed by atoms with Crippen LogP contribution in [0.2, 0.25) is 0 Å². The van der Waals surface area contributed by atoms with Crippen LogP contribution in [-0.4, -0.2) is 39.2 Å².